The first kappa shape index (κ1) is 18.4. The highest BCUT2D eigenvalue weighted by atomic mass is 79.9. The molecule has 3 heterocycles. The number of halogens is 1. The second kappa shape index (κ2) is 7.59. The van der Waals surface area contributed by atoms with Crippen LogP contribution >= 0.6 is 15.9 Å². The van der Waals surface area contributed by atoms with Gasteiger partial charge >= 0.3 is 0 Å². The summed E-state index contributed by atoms with van der Waals surface area (Å²) in [6.07, 6.45) is 3.42. The van der Waals surface area contributed by atoms with Crippen LogP contribution in [0, 0.1) is 6.92 Å². The summed E-state index contributed by atoms with van der Waals surface area (Å²) < 4.78 is 2.34. The maximum absolute atomic E-state index is 12.4. The van der Waals surface area contributed by atoms with Gasteiger partial charge in [-0.05, 0) is 30.7 Å². The summed E-state index contributed by atoms with van der Waals surface area (Å²) >= 11 is 3.40. The minimum absolute atomic E-state index is 0.0133. The van der Waals surface area contributed by atoms with Crippen molar-refractivity contribution in [3.8, 4) is 0 Å². The number of benzene rings is 1. The van der Waals surface area contributed by atoms with Crippen molar-refractivity contribution in [3.05, 3.63) is 62.5 Å². The Bertz CT molecular complexity index is 1090. The van der Waals surface area contributed by atoms with Gasteiger partial charge in [-0.1, -0.05) is 28.1 Å². The maximum Gasteiger partial charge on any atom is 0.274 e. The molecule has 0 bridgehead atoms. The number of nitrogens with one attached hydrogen (secondary N) is 1. The lowest BCUT2D eigenvalue weighted by atomic mass is 10.2. The Balaban J connectivity index is 1.40. The lowest BCUT2D eigenvalue weighted by Gasteiger charge is -2.33. The number of H-pyrrole nitrogens is 1. The molecule has 0 spiro atoms. The molecule has 0 unspecified atom stereocenters. The van der Waals surface area contributed by atoms with Crippen LogP contribution in [0.15, 0.2) is 45.7 Å². The Hall–Kier alpha value is -2.94. The first-order valence-corrected chi connectivity index (χ1v) is 9.73. The fourth-order valence-electron chi connectivity index (χ4n) is 3.11. The minimum atomic E-state index is -0.187. The van der Waals surface area contributed by atoms with Gasteiger partial charge in [0.05, 0.1) is 0 Å². The van der Waals surface area contributed by atoms with Gasteiger partial charge in [0.2, 0.25) is 11.9 Å². The zero-order chi connectivity index (χ0) is 19.7. The predicted octanol–water partition coefficient (Wildman–Crippen LogP) is 1.85. The summed E-state index contributed by atoms with van der Waals surface area (Å²) in [5, 5.41) is 2.99. The number of amides is 1. The molecule has 2 aromatic heterocycles. The number of aromatic amines is 1. The molecule has 4 rings (SSSR count). The van der Waals surface area contributed by atoms with Gasteiger partial charge in [-0.25, -0.2) is 4.98 Å². The van der Waals surface area contributed by atoms with Crippen molar-refractivity contribution in [2.45, 2.75) is 6.92 Å². The Morgan fingerprint density at radius 1 is 1.14 bits per heavy atom. The molecule has 0 radical (unpaired) electrons. The summed E-state index contributed by atoms with van der Waals surface area (Å²) in [6.45, 7) is 4.20. The molecule has 1 amide bonds. The van der Waals surface area contributed by atoms with Crippen molar-refractivity contribution in [2.75, 3.05) is 31.1 Å². The molecule has 3 aromatic rings. The number of hydrogen-bond acceptors (Lipinski definition) is 5. The molecular weight excluding hydrogens is 424 g/mol. The third kappa shape index (κ3) is 3.84. The number of carbonyl (C=O) groups excluding carboxylic acids is 1. The molecule has 1 fully saturated rings. The van der Waals surface area contributed by atoms with Crippen molar-refractivity contribution in [1.82, 2.24) is 24.5 Å². The highest BCUT2D eigenvalue weighted by Gasteiger charge is 2.22. The monoisotopic (exact) mass is 442 g/mol. The number of nitrogens with zero attached hydrogens (tertiary/aromatic N) is 5. The van der Waals surface area contributed by atoms with Crippen molar-refractivity contribution in [1.29, 1.82) is 0 Å². The van der Waals surface area contributed by atoms with E-state index in [4.69, 9.17) is 0 Å². The van der Waals surface area contributed by atoms with E-state index in [0.717, 1.165) is 10.0 Å². The van der Waals surface area contributed by atoms with E-state index in [-0.39, 0.29) is 11.5 Å². The van der Waals surface area contributed by atoms with Crippen LogP contribution in [-0.2, 0) is 4.79 Å². The van der Waals surface area contributed by atoms with Gasteiger partial charge in [-0.15, -0.1) is 0 Å². The topological polar surface area (TPSA) is 86.6 Å². The Labute approximate surface area is 169 Å². The van der Waals surface area contributed by atoms with Crippen LogP contribution in [-0.4, -0.2) is 56.6 Å². The second-order valence-corrected chi connectivity index (χ2v) is 7.53. The lowest BCUT2D eigenvalue weighted by Crippen LogP contribution is -2.48. The van der Waals surface area contributed by atoms with Crippen LogP contribution in [0.1, 0.15) is 11.3 Å². The van der Waals surface area contributed by atoms with Crippen molar-refractivity contribution < 1.29 is 4.79 Å². The van der Waals surface area contributed by atoms with Crippen molar-refractivity contribution in [2.24, 2.45) is 0 Å². The molecule has 144 valence electrons. The number of piperazine rings is 1. The molecule has 1 aromatic carbocycles. The second-order valence-electron chi connectivity index (χ2n) is 6.62. The smallest absolute Gasteiger partial charge is 0.274 e. The summed E-state index contributed by atoms with van der Waals surface area (Å²) in [7, 11) is 0. The number of rotatable bonds is 3. The van der Waals surface area contributed by atoms with Crippen LogP contribution in [0.25, 0.3) is 11.9 Å². The number of anilines is 1. The molecule has 1 aliphatic rings. The van der Waals surface area contributed by atoms with Gasteiger partial charge in [-0.2, -0.15) is 9.50 Å². The third-order valence-corrected chi connectivity index (χ3v) is 5.15. The normalized spacial score (nSPS) is 14.9. The van der Waals surface area contributed by atoms with Gasteiger partial charge < -0.3 is 9.80 Å². The van der Waals surface area contributed by atoms with Crippen LogP contribution < -0.4 is 10.5 Å². The average molecular weight is 443 g/mol. The molecule has 28 heavy (non-hydrogen) atoms. The Morgan fingerprint density at radius 2 is 1.86 bits per heavy atom. The Kier molecular flexibility index (Phi) is 4.99. The number of carbonyl (C=O) groups is 1. The van der Waals surface area contributed by atoms with E-state index in [1.165, 1.54) is 10.6 Å². The average Bonchev–Trinajstić information content (AvgIpc) is 3.12. The van der Waals surface area contributed by atoms with E-state index in [1.807, 2.05) is 40.1 Å². The summed E-state index contributed by atoms with van der Waals surface area (Å²) in [5.41, 5.74) is 1.43. The van der Waals surface area contributed by atoms with Gasteiger partial charge in [0, 0.05) is 48.5 Å². The van der Waals surface area contributed by atoms with Crippen molar-refractivity contribution >= 4 is 39.6 Å². The number of fused-ring (bicyclic) bond motifs is 1. The van der Waals surface area contributed by atoms with Crippen molar-refractivity contribution in [3.63, 3.8) is 0 Å². The molecule has 1 N–H and O–H groups in total. The highest BCUT2D eigenvalue weighted by molar-refractivity contribution is 9.10. The molecule has 0 aliphatic carbocycles. The predicted molar refractivity (Wildman–Crippen MR) is 110 cm³/mol. The summed E-state index contributed by atoms with van der Waals surface area (Å²) in [6, 6.07) is 9.25. The van der Waals surface area contributed by atoms with Gasteiger partial charge in [-0.3, -0.25) is 14.7 Å². The van der Waals surface area contributed by atoms with Gasteiger partial charge in [0.25, 0.3) is 11.3 Å². The molecule has 0 saturated carbocycles. The van der Waals surface area contributed by atoms with Crippen LogP contribution in [0.3, 0.4) is 0 Å². The molecule has 1 saturated heterocycles. The third-order valence-electron chi connectivity index (χ3n) is 4.63. The van der Waals surface area contributed by atoms with Gasteiger partial charge in [0.15, 0.2) is 0 Å². The van der Waals surface area contributed by atoms with E-state index >= 15 is 0 Å². The highest BCUT2D eigenvalue weighted by Crippen LogP contribution is 2.14. The Morgan fingerprint density at radius 3 is 2.57 bits per heavy atom. The van der Waals surface area contributed by atoms with E-state index < -0.39 is 0 Å². The van der Waals surface area contributed by atoms with Gasteiger partial charge in [0.1, 0.15) is 0 Å². The largest absolute Gasteiger partial charge is 0.338 e. The standard InChI is InChI=1S/C19H19BrN6O2/c1-13-12-17(28)26-18(21-13)22-19(23-26)25-10-8-24(9-11-25)16(27)7-4-14-2-5-15(20)6-3-14/h2-7,12H,8-11H2,1H3,(H,21,22,23)/b7-4+. The molecular formula is C19H19BrN6O2. The SMILES string of the molecule is Cc1cc(=O)n2[nH]c(N3CCN(C(=O)/C=C/c4ccc(Br)cc4)CC3)nc2n1. The number of aryl methyl sites for hydroxylation is 1. The quantitative estimate of drug-likeness (QED) is 0.625. The minimum Gasteiger partial charge on any atom is -0.338 e. The number of aromatic nitrogens is 4. The maximum atomic E-state index is 12.4. The van der Waals surface area contributed by atoms with E-state index in [2.05, 4.69) is 31.0 Å². The molecule has 0 atom stereocenters. The lowest BCUT2D eigenvalue weighted by molar-refractivity contribution is -0.126. The first-order chi connectivity index (χ1) is 13.5. The first-order valence-electron chi connectivity index (χ1n) is 8.93. The van der Waals surface area contributed by atoms with Crippen LogP contribution in [0.5, 0.6) is 0 Å². The summed E-state index contributed by atoms with van der Waals surface area (Å²) in [4.78, 5) is 37.0. The molecule has 8 nitrogen and oxygen atoms in total. The van der Waals surface area contributed by atoms with Crippen LogP contribution in [0.4, 0.5) is 5.95 Å². The molecule has 1 aliphatic heterocycles. The fourth-order valence-corrected chi connectivity index (χ4v) is 3.37. The zero-order valence-electron chi connectivity index (χ0n) is 15.3. The molecule has 9 heteroatoms. The van der Waals surface area contributed by atoms with E-state index in [9.17, 15) is 9.59 Å². The van der Waals surface area contributed by atoms with E-state index in [0.29, 0.717) is 43.6 Å². The van der Waals surface area contributed by atoms with Crippen LogP contribution in [0.2, 0.25) is 0 Å². The zero-order valence-corrected chi connectivity index (χ0v) is 16.9. The summed E-state index contributed by atoms with van der Waals surface area (Å²) in [5.74, 6) is 0.935. The van der Waals surface area contributed by atoms with E-state index in [1.54, 1.807) is 13.0 Å². The fraction of sp³-hybridized carbons (Fsp3) is 0.263. The number of hydrogen-bond donors (Lipinski definition) is 1.